The Balaban J connectivity index is 1.82. The molecule has 0 radical (unpaired) electrons. The number of carbonyl (C=O) groups is 1. The predicted molar refractivity (Wildman–Crippen MR) is 87.4 cm³/mol. The molecule has 1 aliphatic rings. The third kappa shape index (κ3) is 2.76. The van der Waals surface area contributed by atoms with Gasteiger partial charge in [0.1, 0.15) is 0 Å². The van der Waals surface area contributed by atoms with E-state index in [4.69, 9.17) is 0 Å². The zero-order chi connectivity index (χ0) is 15.4. The van der Waals surface area contributed by atoms with Gasteiger partial charge >= 0.3 is 0 Å². The highest BCUT2D eigenvalue weighted by atomic mass is 16.2. The molecule has 22 heavy (non-hydrogen) atoms. The molecule has 3 nitrogen and oxygen atoms in total. The molecule has 0 aliphatic heterocycles. The summed E-state index contributed by atoms with van der Waals surface area (Å²) in [6.45, 7) is 1.99. The zero-order valence-electron chi connectivity index (χ0n) is 13.0. The first-order chi connectivity index (χ1) is 10.7. The van der Waals surface area contributed by atoms with Crippen LogP contribution in [0.1, 0.15) is 49.9 Å². The number of hydrogen-bond acceptors (Lipinski definition) is 2. The van der Waals surface area contributed by atoms with Crippen LogP contribution in [0.3, 0.4) is 0 Å². The Labute approximate surface area is 131 Å². The Morgan fingerprint density at radius 1 is 1.09 bits per heavy atom. The van der Waals surface area contributed by atoms with Crippen molar-refractivity contribution in [1.29, 1.82) is 0 Å². The molecular weight excluding hydrogens is 272 g/mol. The summed E-state index contributed by atoms with van der Waals surface area (Å²) in [4.78, 5) is 17.4. The maximum Gasteiger partial charge on any atom is 0.231 e. The fourth-order valence-corrected chi connectivity index (χ4v) is 3.42. The van der Waals surface area contributed by atoms with Gasteiger partial charge in [0, 0.05) is 6.20 Å². The standard InChI is InChI=1S/C19H22N2O/c1-15(17-11-5-8-14-20-17)21-18(22)19(12-6-7-13-19)16-9-3-2-4-10-16/h2-5,8-11,14-15H,6-7,12-13H2,1H3,(H,21,22). The van der Waals surface area contributed by atoms with Gasteiger partial charge in [-0.05, 0) is 37.5 Å². The second-order valence-corrected chi connectivity index (χ2v) is 6.10. The fraction of sp³-hybridized carbons (Fsp3) is 0.368. The van der Waals surface area contributed by atoms with E-state index in [-0.39, 0.29) is 17.4 Å². The fourth-order valence-electron chi connectivity index (χ4n) is 3.42. The predicted octanol–water partition coefficient (Wildman–Crippen LogP) is 3.77. The smallest absolute Gasteiger partial charge is 0.231 e. The average Bonchev–Trinajstić information content (AvgIpc) is 3.07. The van der Waals surface area contributed by atoms with Crippen molar-refractivity contribution in [3.05, 3.63) is 66.0 Å². The average molecular weight is 294 g/mol. The van der Waals surface area contributed by atoms with E-state index < -0.39 is 0 Å². The lowest BCUT2D eigenvalue weighted by Gasteiger charge is -2.30. The number of nitrogens with zero attached hydrogens (tertiary/aromatic N) is 1. The van der Waals surface area contributed by atoms with E-state index in [2.05, 4.69) is 22.4 Å². The van der Waals surface area contributed by atoms with E-state index in [9.17, 15) is 4.79 Å². The number of hydrogen-bond donors (Lipinski definition) is 1. The lowest BCUT2D eigenvalue weighted by Crippen LogP contribution is -2.43. The monoisotopic (exact) mass is 294 g/mol. The number of carbonyl (C=O) groups excluding carboxylic acids is 1. The summed E-state index contributed by atoms with van der Waals surface area (Å²) in [5.41, 5.74) is 1.67. The summed E-state index contributed by atoms with van der Waals surface area (Å²) in [5, 5.41) is 3.18. The number of rotatable bonds is 4. The molecule has 0 bridgehead atoms. The minimum atomic E-state index is -0.371. The molecule has 1 atom stereocenters. The van der Waals surface area contributed by atoms with Gasteiger partial charge in [0.05, 0.1) is 17.2 Å². The maximum atomic E-state index is 13.0. The molecule has 1 amide bonds. The van der Waals surface area contributed by atoms with Crippen LogP contribution in [0.25, 0.3) is 0 Å². The van der Waals surface area contributed by atoms with Gasteiger partial charge in [-0.1, -0.05) is 49.2 Å². The summed E-state index contributed by atoms with van der Waals surface area (Å²) >= 11 is 0. The van der Waals surface area contributed by atoms with Gasteiger partial charge in [-0.25, -0.2) is 0 Å². The Hall–Kier alpha value is -2.16. The first-order valence-corrected chi connectivity index (χ1v) is 8.00. The molecule has 3 heteroatoms. The third-order valence-corrected chi connectivity index (χ3v) is 4.70. The minimum absolute atomic E-state index is 0.0742. The summed E-state index contributed by atoms with van der Waals surface area (Å²) in [5.74, 6) is 0.134. The minimum Gasteiger partial charge on any atom is -0.347 e. The van der Waals surface area contributed by atoms with Crippen molar-refractivity contribution < 1.29 is 4.79 Å². The van der Waals surface area contributed by atoms with E-state index >= 15 is 0 Å². The Morgan fingerprint density at radius 3 is 2.41 bits per heavy atom. The lowest BCUT2D eigenvalue weighted by molar-refractivity contribution is -0.127. The first kappa shape index (κ1) is 14.8. The second kappa shape index (κ2) is 6.30. The molecule has 1 N–H and O–H groups in total. The molecule has 1 aliphatic carbocycles. The normalized spacial score (nSPS) is 17.9. The molecule has 1 fully saturated rings. The molecule has 1 heterocycles. The van der Waals surface area contributed by atoms with Crippen molar-refractivity contribution in [2.24, 2.45) is 0 Å². The van der Waals surface area contributed by atoms with Crippen LogP contribution in [-0.4, -0.2) is 10.9 Å². The zero-order valence-corrected chi connectivity index (χ0v) is 13.0. The number of nitrogens with one attached hydrogen (secondary N) is 1. The van der Waals surface area contributed by atoms with Gasteiger partial charge in [-0.3, -0.25) is 9.78 Å². The Kier molecular flexibility index (Phi) is 4.23. The van der Waals surface area contributed by atoms with Crippen molar-refractivity contribution >= 4 is 5.91 Å². The molecule has 1 unspecified atom stereocenters. The Morgan fingerprint density at radius 2 is 1.77 bits per heavy atom. The number of pyridine rings is 1. The maximum absolute atomic E-state index is 13.0. The third-order valence-electron chi connectivity index (χ3n) is 4.70. The molecule has 1 saturated carbocycles. The van der Waals surface area contributed by atoms with Crippen LogP contribution >= 0.6 is 0 Å². The summed E-state index contributed by atoms with van der Waals surface area (Å²) in [7, 11) is 0. The van der Waals surface area contributed by atoms with Crippen LogP contribution in [0.15, 0.2) is 54.7 Å². The molecule has 1 aromatic heterocycles. The van der Waals surface area contributed by atoms with E-state index in [0.29, 0.717) is 0 Å². The van der Waals surface area contributed by atoms with Gasteiger partial charge in [0.15, 0.2) is 0 Å². The van der Waals surface area contributed by atoms with Crippen LogP contribution in [-0.2, 0) is 10.2 Å². The van der Waals surface area contributed by atoms with Crippen molar-refractivity contribution in [2.45, 2.75) is 44.1 Å². The van der Waals surface area contributed by atoms with Gasteiger partial charge < -0.3 is 5.32 Å². The van der Waals surface area contributed by atoms with Gasteiger partial charge in [0.25, 0.3) is 0 Å². The van der Waals surface area contributed by atoms with Crippen LogP contribution < -0.4 is 5.32 Å². The Bertz CT molecular complexity index is 618. The molecule has 1 aromatic carbocycles. The van der Waals surface area contributed by atoms with Gasteiger partial charge in [0.2, 0.25) is 5.91 Å². The number of aromatic nitrogens is 1. The van der Waals surface area contributed by atoms with Gasteiger partial charge in [-0.15, -0.1) is 0 Å². The van der Waals surface area contributed by atoms with Crippen LogP contribution in [0.4, 0.5) is 0 Å². The lowest BCUT2D eigenvalue weighted by atomic mass is 9.78. The van der Waals surface area contributed by atoms with Crippen molar-refractivity contribution in [2.75, 3.05) is 0 Å². The van der Waals surface area contributed by atoms with Crippen LogP contribution in [0.2, 0.25) is 0 Å². The highest BCUT2D eigenvalue weighted by Gasteiger charge is 2.42. The summed E-state index contributed by atoms with van der Waals surface area (Å²) < 4.78 is 0. The molecule has 114 valence electrons. The highest BCUT2D eigenvalue weighted by molar-refractivity contribution is 5.88. The van der Waals surface area contributed by atoms with Crippen LogP contribution in [0.5, 0.6) is 0 Å². The topological polar surface area (TPSA) is 42.0 Å². The summed E-state index contributed by atoms with van der Waals surface area (Å²) in [6.07, 6.45) is 5.84. The van der Waals surface area contributed by atoms with Crippen molar-refractivity contribution in [3.8, 4) is 0 Å². The van der Waals surface area contributed by atoms with E-state index in [0.717, 1.165) is 36.9 Å². The van der Waals surface area contributed by atoms with E-state index in [1.807, 2.05) is 43.3 Å². The molecule has 0 spiro atoms. The molecule has 3 rings (SSSR count). The molecule has 0 saturated heterocycles. The quantitative estimate of drug-likeness (QED) is 0.932. The van der Waals surface area contributed by atoms with E-state index in [1.165, 1.54) is 0 Å². The van der Waals surface area contributed by atoms with Crippen molar-refractivity contribution in [1.82, 2.24) is 10.3 Å². The van der Waals surface area contributed by atoms with Crippen LogP contribution in [0, 0.1) is 0 Å². The van der Waals surface area contributed by atoms with Gasteiger partial charge in [-0.2, -0.15) is 0 Å². The van der Waals surface area contributed by atoms with Crippen molar-refractivity contribution in [3.63, 3.8) is 0 Å². The summed E-state index contributed by atoms with van der Waals surface area (Å²) in [6, 6.07) is 15.9. The number of amides is 1. The van der Waals surface area contributed by atoms with E-state index in [1.54, 1.807) is 6.20 Å². The SMILES string of the molecule is CC(NC(=O)C1(c2ccccc2)CCCC1)c1ccccn1. The molecular formula is C19H22N2O. The first-order valence-electron chi connectivity index (χ1n) is 8.00. The number of benzene rings is 1. The largest absolute Gasteiger partial charge is 0.347 e. The highest BCUT2D eigenvalue weighted by Crippen LogP contribution is 2.41. The second-order valence-electron chi connectivity index (χ2n) is 6.10. The molecule has 2 aromatic rings.